The minimum absolute atomic E-state index is 0.0847. The van der Waals surface area contributed by atoms with Crippen LogP contribution in [-0.4, -0.2) is 17.5 Å². The summed E-state index contributed by atoms with van der Waals surface area (Å²) in [5.74, 6) is 0.297. The van der Waals surface area contributed by atoms with E-state index in [1.54, 1.807) is 23.3 Å². The van der Waals surface area contributed by atoms with Crippen LogP contribution in [0.15, 0.2) is 45.5 Å². The fourth-order valence-electron chi connectivity index (χ4n) is 2.56. The number of furan rings is 1. The van der Waals surface area contributed by atoms with Crippen molar-refractivity contribution in [2.24, 2.45) is 0 Å². The zero-order valence-electron chi connectivity index (χ0n) is 11.2. The first-order chi connectivity index (χ1) is 10.1. The van der Waals surface area contributed by atoms with Crippen LogP contribution >= 0.6 is 15.9 Å². The van der Waals surface area contributed by atoms with Crippen molar-refractivity contribution in [3.63, 3.8) is 0 Å². The van der Waals surface area contributed by atoms with E-state index in [1.807, 2.05) is 6.07 Å². The lowest BCUT2D eigenvalue weighted by Crippen LogP contribution is -2.34. The molecule has 2 amide bonds. The fraction of sp³-hybridized carbons (Fsp3) is 0.267. The maximum Gasteiger partial charge on any atom is 0.322 e. The quantitative estimate of drug-likeness (QED) is 0.861. The predicted octanol–water partition coefficient (Wildman–Crippen LogP) is 4.55. The van der Waals surface area contributed by atoms with Gasteiger partial charge in [-0.05, 0) is 43.2 Å². The second kappa shape index (κ2) is 5.89. The van der Waals surface area contributed by atoms with Gasteiger partial charge in [0.25, 0.3) is 0 Å². The van der Waals surface area contributed by atoms with Crippen LogP contribution in [0.2, 0.25) is 0 Å². The van der Waals surface area contributed by atoms with E-state index in [2.05, 4.69) is 21.2 Å². The molecule has 1 aliphatic rings. The highest BCUT2D eigenvalue weighted by Gasteiger charge is 2.32. The Morgan fingerprint density at radius 3 is 3.00 bits per heavy atom. The van der Waals surface area contributed by atoms with Gasteiger partial charge < -0.3 is 14.6 Å². The summed E-state index contributed by atoms with van der Waals surface area (Å²) < 4.78 is 19.8. The monoisotopic (exact) mass is 352 g/mol. The Kier molecular flexibility index (Phi) is 3.96. The first kappa shape index (κ1) is 14.1. The summed E-state index contributed by atoms with van der Waals surface area (Å²) >= 11 is 3.19. The van der Waals surface area contributed by atoms with Gasteiger partial charge in [-0.1, -0.05) is 15.9 Å². The average molecular weight is 353 g/mol. The van der Waals surface area contributed by atoms with E-state index >= 15 is 0 Å². The second-order valence-corrected chi connectivity index (χ2v) is 5.84. The van der Waals surface area contributed by atoms with Gasteiger partial charge >= 0.3 is 6.03 Å². The van der Waals surface area contributed by atoms with Crippen molar-refractivity contribution in [2.45, 2.75) is 18.9 Å². The van der Waals surface area contributed by atoms with E-state index in [4.69, 9.17) is 4.42 Å². The van der Waals surface area contributed by atoms with Gasteiger partial charge in [0.2, 0.25) is 0 Å². The molecular formula is C15H14BrFN2O2. The topological polar surface area (TPSA) is 45.5 Å². The molecule has 0 spiro atoms. The zero-order valence-corrected chi connectivity index (χ0v) is 12.8. The average Bonchev–Trinajstić information content (AvgIpc) is 3.10. The minimum Gasteiger partial charge on any atom is -0.467 e. The molecule has 2 aromatic rings. The number of anilines is 1. The third-order valence-electron chi connectivity index (χ3n) is 3.56. The molecule has 1 fully saturated rings. The molecule has 6 heteroatoms. The standard InChI is InChI=1S/C15H14BrFN2O2/c16-10-5-6-12(11(17)9-10)18-15(20)19-7-1-3-13(19)14-4-2-8-21-14/h2,4-6,8-9,13H,1,3,7H2,(H,18,20)/t13-/m0/s1. The number of urea groups is 1. The van der Waals surface area contributed by atoms with Gasteiger partial charge in [0.1, 0.15) is 11.6 Å². The Hall–Kier alpha value is -1.82. The van der Waals surface area contributed by atoms with Crippen molar-refractivity contribution < 1.29 is 13.6 Å². The summed E-state index contributed by atoms with van der Waals surface area (Å²) in [5.41, 5.74) is 0.174. The van der Waals surface area contributed by atoms with E-state index in [9.17, 15) is 9.18 Å². The maximum absolute atomic E-state index is 13.8. The smallest absolute Gasteiger partial charge is 0.322 e. The molecule has 0 saturated carbocycles. The Bertz CT molecular complexity index is 645. The highest BCUT2D eigenvalue weighted by Crippen LogP contribution is 2.32. The van der Waals surface area contributed by atoms with E-state index in [-0.39, 0.29) is 17.8 Å². The number of halogens is 2. The summed E-state index contributed by atoms with van der Waals surface area (Å²) in [7, 11) is 0. The number of nitrogens with one attached hydrogen (secondary N) is 1. The van der Waals surface area contributed by atoms with Gasteiger partial charge in [0, 0.05) is 11.0 Å². The molecule has 0 unspecified atom stereocenters. The van der Waals surface area contributed by atoms with Crippen LogP contribution in [0, 0.1) is 5.82 Å². The number of rotatable bonds is 2. The first-order valence-corrected chi connectivity index (χ1v) is 7.50. The van der Waals surface area contributed by atoms with Crippen LogP contribution in [0.3, 0.4) is 0 Å². The molecule has 4 nitrogen and oxygen atoms in total. The minimum atomic E-state index is -0.466. The van der Waals surface area contributed by atoms with Crippen molar-refractivity contribution >= 4 is 27.6 Å². The summed E-state index contributed by atoms with van der Waals surface area (Å²) in [6, 6.07) is 7.81. The van der Waals surface area contributed by atoms with Crippen molar-refractivity contribution in [1.29, 1.82) is 0 Å². The van der Waals surface area contributed by atoms with Crippen LogP contribution in [-0.2, 0) is 0 Å². The fourth-order valence-corrected chi connectivity index (χ4v) is 2.90. The maximum atomic E-state index is 13.8. The highest BCUT2D eigenvalue weighted by molar-refractivity contribution is 9.10. The van der Waals surface area contributed by atoms with Crippen molar-refractivity contribution in [1.82, 2.24) is 4.90 Å². The van der Waals surface area contributed by atoms with E-state index in [0.717, 1.165) is 18.6 Å². The predicted molar refractivity (Wildman–Crippen MR) is 80.5 cm³/mol. The van der Waals surface area contributed by atoms with Gasteiger partial charge in [-0.25, -0.2) is 9.18 Å². The number of nitrogens with zero attached hydrogens (tertiary/aromatic N) is 1. The summed E-state index contributed by atoms with van der Waals surface area (Å²) in [6.45, 7) is 0.634. The van der Waals surface area contributed by atoms with Crippen LogP contribution in [0.5, 0.6) is 0 Å². The second-order valence-electron chi connectivity index (χ2n) is 4.92. The Morgan fingerprint density at radius 1 is 1.43 bits per heavy atom. The Balaban J connectivity index is 1.75. The molecule has 3 rings (SSSR count). The SMILES string of the molecule is O=C(Nc1ccc(Br)cc1F)N1CCC[C@H]1c1ccco1. The normalized spacial score (nSPS) is 18.0. The summed E-state index contributed by atoms with van der Waals surface area (Å²) in [5, 5.41) is 2.62. The lowest BCUT2D eigenvalue weighted by atomic mass is 10.2. The van der Waals surface area contributed by atoms with Crippen molar-refractivity contribution in [2.75, 3.05) is 11.9 Å². The number of hydrogen-bond acceptors (Lipinski definition) is 2. The number of carbonyl (C=O) groups excluding carboxylic acids is 1. The molecule has 0 bridgehead atoms. The highest BCUT2D eigenvalue weighted by atomic mass is 79.9. The van der Waals surface area contributed by atoms with Crippen LogP contribution < -0.4 is 5.32 Å². The molecule has 21 heavy (non-hydrogen) atoms. The number of amides is 2. The van der Waals surface area contributed by atoms with Crippen molar-refractivity contribution in [3.8, 4) is 0 Å². The Morgan fingerprint density at radius 2 is 2.29 bits per heavy atom. The van der Waals surface area contributed by atoms with Crippen LogP contribution in [0.1, 0.15) is 24.6 Å². The van der Waals surface area contributed by atoms with Gasteiger partial charge in [-0.3, -0.25) is 0 Å². The van der Waals surface area contributed by atoms with E-state index < -0.39 is 5.82 Å². The number of carbonyl (C=O) groups is 1. The lowest BCUT2D eigenvalue weighted by Gasteiger charge is -2.23. The summed E-state index contributed by atoms with van der Waals surface area (Å²) in [4.78, 5) is 14.0. The molecule has 2 heterocycles. The molecule has 110 valence electrons. The van der Waals surface area contributed by atoms with Gasteiger partial charge in [-0.15, -0.1) is 0 Å². The molecule has 0 aliphatic carbocycles. The van der Waals surface area contributed by atoms with E-state index in [0.29, 0.717) is 11.0 Å². The largest absolute Gasteiger partial charge is 0.467 e. The third-order valence-corrected chi connectivity index (χ3v) is 4.05. The number of likely N-dealkylation sites (tertiary alicyclic amines) is 1. The number of benzene rings is 1. The van der Waals surface area contributed by atoms with Gasteiger partial charge in [0.15, 0.2) is 0 Å². The molecule has 0 radical (unpaired) electrons. The lowest BCUT2D eigenvalue weighted by molar-refractivity contribution is 0.199. The molecular weight excluding hydrogens is 339 g/mol. The molecule has 1 aromatic carbocycles. The van der Waals surface area contributed by atoms with Crippen molar-refractivity contribution in [3.05, 3.63) is 52.6 Å². The number of hydrogen-bond donors (Lipinski definition) is 1. The molecule has 1 aliphatic heterocycles. The molecule has 1 N–H and O–H groups in total. The Labute approximate surface area is 130 Å². The summed E-state index contributed by atoms with van der Waals surface area (Å²) in [6.07, 6.45) is 3.35. The van der Waals surface area contributed by atoms with Gasteiger partial charge in [-0.2, -0.15) is 0 Å². The van der Waals surface area contributed by atoms with Crippen LogP contribution in [0.4, 0.5) is 14.9 Å². The molecule has 1 atom stereocenters. The molecule has 1 saturated heterocycles. The van der Waals surface area contributed by atoms with E-state index in [1.165, 1.54) is 12.1 Å². The first-order valence-electron chi connectivity index (χ1n) is 6.71. The van der Waals surface area contributed by atoms with Crippen LogP contribution in [0.25, 0.3) is 0 Å². The zero-order chi connectivity index (χ0) is 14.8. The molecule has 1 aromatic heterocycles. The van der Waals surface area contributed by atoms with Gasteiger partial charge in [0.05, 0.1) is 18.0 Å². The third kappa shape index (κ3) is 2.95.